The maximum Gasteiger partial charge on any atom is 0.253 e. The minimum absolute atomic E-state index is 0.143. The number of carbonyl (C=O) groups excluding carboxylic acids is 1. The van der Waals surface area contributed by atoms with Gasteiger partial charge in [0.05, 0.1) is 24.0 Å². The summed E-state index contributed by atoms with van der Waals surface area (Å²) in [5.74, 6) is 1.98. The van der Waals surface area contributed by atoms with Crippen LogP contribution in [-0.2, 0) is 11.3 Å². The Morgan fingerprint density at radius 2 is 1.91 bits per heavy atom. The summed E-state index contributed by atoms with van der Waals surface area (Å²) in [5, 5.41) is 16.0. The minimum Gasteiger partial charge on any atom is -0.467 e. The monoisotopic (exact) mass is 481 g/mol. The van der Waals surface area contributed by atoms with Gasteiger partial charge in [-0.1, -0.05) is 35.5 Å². The highest BCUT2D eigenvalue weighted by atomic mass is 35.5. The van der Waals surface area contributed by atoms with Crippen molar-refractivity contribution >= 4 is 35.0 Å². The lowest BCUT2D eigenvalue weighted by molar-refractivity contribution is -0.130. The summed E-state index contributed by atoms with van der Waals surface area (Å²) < 4.78 is 13.0. The molecule has 0 N–H and O–H groups in total. The van der Waals surface area contributed by atoms with Crippen LogP contribution in [0.3, 0.4) is 0 Å². The van der Waals surface area contributed by atoms with Crippen molar-refractivity contribution in [1.29, 1.82) is 0 Å². The number of hydrogen-bond donors (Lipinski definition) is 0. The van der Waals surface area contributed by atoms with E-state index < -0.39 is 0 Å². The van der Waals surface area contributed by atoms with E-state index in [0.29, 0.717) is 40.5 Å². The van der Waals surface area contributed by atoms with Crippen LogP contribution in [0.4, 0.5) is 0 Å². The molecule has 0 saturated heterocycles. The molecule has 8 nitrogen and oxygen atoms in total. The number of halogens is 1. The summed E-state index contributed by atoms with van der Waals surface area (Å²) in [5.41, 5.74) is 1.73. The van der Waals surface area contributed by atoms with Gasteiger partial charge in [0, 0.05) is 18.0 Å². The van der Waals surface area contributed by atoms with Gasteiger partial charge in [-0.15, -0.1) is 10.2 Å². The minimum atomic E-state index is -0.304. The Hall–Kier alpha value is -3.30. The fourth-order valence-corrected chi connectivity index (χ4v) is 4.70. The molecule has 0 spiro atoms. The van der Waals surface area contributed by atoms with E-state index in [4.69, 9.17) is 20.4 Å². The smallest absolute Gasteiger partial charge is 0.253 e. The second-order valence-corrected chi connectivity index (χ2v) is 8.72. The van der Waals surface area contributed by atoms with Crippen LogP contribution in [0.5, 0.6) is 0 Å². The van der Waals surface area contributed by atoms with Crippen molar-refractivity contribution in [2.75, 3.05) is 5.75 Å². The number of aromatic nitrogens is 3. The van der Waals surface area contributed by atoms with Crippen molar-refractivity contribution in [3.8, 4) is 11.6 Å². The van der Waals surface area contributed by atoms with Gasteiger partial charge in [-0.25, -0.2) is 5.01 Å². The summed E-state index contributed by atoms with van der Waals surface area (Å²) in [7, 11) is 0. The zero-order valence-corrected chi connectivity index (χ0v) is 19.3. The highest BCUT2D eigenvalue weighted by Crippen LogP contribution is 2.34. The molecule has 0 fully saturated rings. The summed E-state index contributed by atoms with van der Waals surface area (Å²) >= 11 is 7.35. The van der Waals surface area contributed by atoms with Crippen molar-refractivity contribution < 1.29 is 13.6 Å². The molecular formula is C23H20ClN5O3S. The first kappa shape index (κ1) is 21.5. The molecule has 3 aromatic heterocycles. The number of hydrogen-bond acceptors (Lipinski definition) is 7. The molecule has 1 atom stereocenters. The fourth-order valence-electron chi connectivity index (χ4n) is 3.72. The third kappa shape index (κ3) is 4.34. The van der Waals surface area contributed by atoms with Gasteiger partial charge in [-0.05, 0) is 48.9 Å². The molecule has 33 heavy (non-hydrogen) atoms. The second kappa shape index (κ2) is 9.29. The van der Waals surface area contributed by atoms with Gasteiger partial charge in [0.25, 0.3) is 5.91 Å². The van der Waals surface area contributed by atoms with Crippen LogP contribution in [0.2, 0.25) is 5.02 Å². The maximum absolute atomic E-state index is 13.2. The van der Waals surface area contributed by atoms with Crippen LogP contribution in [0.25, 0.3) is 11.6 Å². The highest BCUT2D eigenvalue weighted by Gasteiger charge is 2.35. The number of rotatable bonds is 7. The Labute approximate surface area is 199 Å². The molecule has 1 amide bonds. The second-order valence-electron chi connectivity index (χ2n) is 7.34. The van der Waals surface area contributed by atoms with Gasteiger partial charge < -0.3 is 8.83 Å². The van der Waals surface area contributed by atoms with E-state index in [0.717, 1.165) is 11.3 Å². The average molecular weight is 482 g/mol. The summed E-state index contributed by atoms with van der Waals surface area (Å²) in [6, 6.07) is 14.5. The molecule has 1 aliphatic rings. The number of hydrazone groups is 1. The van der Waals surface area contributed by atoms with Crippen LogP contribution in [0.1, 0.15) is 30.7 Å². The zero-order chi connectivity index (χ0) is 22.8. The first-order chi connectivity index (χ1) is 16.1. The average Bonchev–Trinajstić information content (AvgIpc) is 3.62. The van der Waals surface area contributed by atoms with E-state index in [2.05, 4.69) is 15.3 Å². The van der Waals surface area contributed by atoms with E-state index in [1.165, 1.54) is 16.8 Å². The molecule has 0 bridgehead atoms. The number of furan rings is 2. The van der Waals surface area contributed by atoms with Crippen molar-refractivity contribution in [3.05, 3.63) is 77.4 Å². The first-order valence-electron chi connectivity index (χ1n) is 10.4. The van der Waals surface area contributed by atoms with Crippen molar-refractivity contribution in [2.24, 2.45) is 5.10 Å². The topological polar surface area (TPSA) is 89.7 Å². The predicted molar refractivity (Wildman–Crippen MR) is 125 cm³/mol. The third-order valence-electron chi connectivity index (χ3n) is 5.31. The van der Waals surface area contributed by atoms with Crippen LogP contribution in [0.15, 0.2) is 80.1 Å². The maximum atomic E-state index is 13.2. The van der Waals surface area contributed by atoms with E-state index >= 15 is 0 Å². The molecule has 5 rings (SSSR count). The van der Waals surface area contributed by atoms with E-state index in [9.17, 15) is 4.79 Å². The molecule has 4 aromatic rings. The largest absolute Gasteiger partial charge is 0.467 e. The van der Waals surface area contributed by atoms with Crippen molar-refractivity contribution in [3.63, 3.8) is 0 Å². The Kier molecular flexibility index (Phi) is 6.06. The van der Waals surface area contributed by atoms with Gasteiger partial charge in [0.15, 0.2) is 16.7 Å². The van der Waals surface area contributed by atoms with Gasteiger partial charge in [-0.3, -0.25) is 9.36 Å². The van der Waals surface area contributed by atoms with E-state index in [1.54, 1.807) is 18.6 Å². The number of benzene rings is 1. The normalized spacial score (nSPS) is 15.8. The van der Waals surface area contributed by atoms with Crippen LogP contribution in [-0.4, -0.2) is 37.1 Å². The van der Waals surface area contributed by atoms with Gasteiger partial charge in [0.2, 0.25) is 0 Å². The Morgan fingerprint density at radius 1 is 1.12 bits per heavy atom. The van der Waals surface area contributed by atoms with Crippen LogP contribution in [0, 0.1) is 0 Å². The lowest BCUT2D eigenvalue weighted by Gasteiger charge is -2.19. The zero-order valence-electron chi connectivity index (χ0n) is 17.7. The Bertz CT molecular complexity index is 1270. The lowest BCUT2D eigenvalue weighted by atomic mass is 10.0. The predicted octanol–water partition coefficient (Wildman–Crippen LogP) is 5.27. The molecule has 0 saturated carbocycles. The van der Waals surface area contributed by atoms with E-state index in [-0.39, 0.29) is 17.7 Å². The van der Waals surface area contributed by atoms with Gasteiger partial charge in [0.1, 0.15) is 11.8 Å². The standard InChI is InChI=1S/C23H20ClN5O3S/c1-2-28-22(20-6-4-12-32-20)25-26-23(28)33-14-21(30)29-18(19-5-3-11-31-19)13-17(27-29)15-7-9-16(24)10-8-15/h3-12,18H,2,13-14H2,1H3. The fraction of sp³-hybridized carbons (Fsp3) is 0.217. The van der Waals surface area contributed by atoms with Gasteiger partial charge >= 0.3 is 0 Å². The molecular weight excluding hydrogens is 462 g/mol. The van der Waals surface area contributed by atoms with Crippen molar-refractivity contribution in [2.45, 2.75) is 31.1 Å². The Balaban J connectivity index is 1.36. The number of thioether (sulfide) groups is 1. The quantitative estimate of drug-likeness (QED) is 0.334. The first-order valence-corrected chi connectivity index (χ1v) is 11.8. The number of amides is 1. The SMILES string of the molecule is CCn1c(SCC(=O)N2N=C(c3ccc(Cl)cc3)CC2c2ccco2)nnc1-c1ccco1. The molecule has 168 valence electrons. The van der Waals surface area contributed by atoms with Crippen LogP contribution >= 0.6 is 23.4 Å². The molecule has 1 aromatic carbocycles. The molecule has 1 aliphatic heterocycles. The molecule has 0 aliphatic carbocycles. The number of carbonyl (C=O) groups is 1. The lowest BCUT2D eigenvalue weighted by Crippen LogP contribution is -2.28. The molecule has 4 heterocycles. The molecule has 0 radical (unpaired) electrons. The summed E-state index contributed by atoms with van der Waals surface area (Å²) in [4.78, 5) is 13.2. The third-order valence-corrected chi connectivity index (χ3v) is 6.52. The van der Waals surface area contributed by atoms with E-state index in [1.807, 2.05) is 54.0 Å². The van der Waals surface area contributed by atoms with Gasteiger partial charge in [-0.2, -0.15) is 5.10 Å². The van der Waals surface area contributed by atoms with Crippen LogP contribution < -0.4 is 0 Å². The summed E-state index contributed by atoms with van der Waals surface area (Å²) in [6.45, 7) is 2.65. The highest BCUT2D eigenvalue weighted by molar-refractivity contribution is 7.99. The summed E-state index contributed by atoms with van der Waals surface area (Å²) in [6.07, 6.45) is 3.75. The molecule has 10 heteroatoms. The Morgan fingerprint density at radius 3 is 2.61 bits per heavy atom. The molecule has 1 unspecified atom stereocenters. The number of nitrogens with zero attached hydrogens (tertiary/aromatic N) is 5. The van der Waals surface area contributed by atoms with Crippen molar-refractivity contribution in [1.82, 2.24) is 19.8 Å².